The third-order valence-electron chi connectivity index (χ3n) is 3.03. The maximum absolute atomic E-state index is 12.7. The monoisotopic (exact) mass is 276 g/mol. The molecule has 0 bridgehead atoms. The minimum Gasteiger partial charge on any atom is -0.370 e. The van der Waals surface area contributed by atoms with Gasteiger partial charge in [-0.15, -0.1) is 0 Å². The van der Waals surface area contributed by atoms with Crippen LogP contribution >= 0.6 is 0 Å². The van der Waals surface area contributed by atoms with Gasteiger partial charge in [0.15, 0.2) is 0 Å². The van der Waals surface area contributed by atoms with Crippen molar-refractivity contribution in [3.05, 3.63) is 17.7 Å². The van der Waals surface area contributed by atoms with Crippen LogP contribution in [0.4, 0.5) is 24.8 Å². The number of halogens is 3. The first-order valence-electron chi connectivity index (χ1n) is 6.20. The van der Waals surface area contributed by atoms with Crippen LogP contribution in [-0.2, 0) is 6.18 Å². The topological polar surface area (TPSA) is 63.0 Å². The summed E-state index contributed by atoms with van der Waals surface area (Å²) in [6.07, 6.45) is -2.49. The number of hydrogen-bond acceptors (Lipinski definition) is 4. The van der Waals surface area contributed by atoms with E-state index in [0.29, 0.717) is 12.5 Å². The average molecular weight is 276 g/mol. The smallest absolute Gasteiger partial charge is 0.370 e. The van der Waals surface area contributed by atoms with Crippen molar-refractivity contribution in [2.45, 2.75) is 32.9 Å². The number of hydrazine groups is 1. The molecule has 0 spiro atoms. The molecule has 0 aliphatic carbocycles. The number of nitrogens with zero attached hydrogens (tertiary/aromatic N) is 1. The van der Waals surface area contributed by atoms with Crippen molar-refractivity contribution < 1.29 is 13.2 Å². The van der Waals surface area contributed by atoms with Crippen LogP contribution in [0, 0.1) is 5.92 Å². The highest BCUT2D eigenvalue weighted by molar-refractivity contribution is 5.49. The molecule has 0 radical (unpaired) electrons. The van der Waals surface area contributed by atoms with E-state index in [0.717, 1.165) is 25.0 Å². The van der Waals surface area contributed by atoms with Crippen molar-refractivity contribution in [2.24, 2.45) is 11.8 Å². The van der Waals surface area contributed by atoms with Crippen molar-refractivity contribution in [1.82, 2.24) is 4.98 Å². The van der Waals surface area contributed by atoms with Crippen molar-refractivity contribution in [3.8, 4) is 0 Å². The Morgan fingerprint density at radius 3 is 2.26 bits per heavy atom. The van der Waals surface area contributed by atoms with E-state index in [2.05, 4.69) is 15.7 Å². The van der Waals surface area contributed by atoms with E-state index in [1.807, 2.05) is 13.8 Å². The van der Waals surface area contributed by atoms with Gasteiger partial charge in [0.1, 0.15) is 11.6 Å². The molecule has 0 amide bonds. The van der Waals surface area contributed by atoms with Crippen LogP contribution in [0.2, 0.25) is 0 Å². The van der Waals surface area contributed by atoms with Crippen LogP contribution < -0.4 is 16.6 Å². The number of rotatable bonds is 6. The summed E-state index contributed by atoms with van der Waals surface area (Å²) >= 11 is 0. The lowest BCUT2D eigenvalue weighted by Gasteiger charge is -2.16. The Labute approximate surface area is 110 Å². The Balaban J connectivity index is 2.88. The van der Waals surface area contributed by atoms with Crippen LogP contribution in [0.3, 0.4) is 0 Å². The zero-order valence-electron chi connectivity index (χ0n) is 11.0. The van der Waals surface area contributed by atoms with Gasteiger partial charge in [0.25, 0.3) is 0 Å². The maximum atomic E-state index is 12.7. The molecule has 0 fully saturated rings. The molecule has 4 N–H and O–H groups in total. The van der Waals surface area contributed by atoms with Gasteiger partial charge >= 0.3 is 6.18 Å². The van der Waals surface area contributed by atoms with Crippen molar-refractivity contribution in [1.29, 1.82) is 0 Å². The molecule has 0 aliphatic heterocycles. The van der Waals surface area contributed by atoms with E-state index in [1.54, 1.807) is 0 Å². The highest BCUT2D eigenvalue weighted by Crippen LogP contribution is 2.31. The van der Waals surface area contributed by atoms with Gasteiger partial charge < -0.3 is 10.7 Å². The molecule has 4 nitrogen and oxygen atoms in total. The molecule has 1 aromatic rings. The summed E-state index contributed by atoms with van der Waals surface area (Å²) in [5.74, 6) is 5.70. The lowest BCUT2D eigenvalue weighted by atomic mass is 10.0. The first-order valence-corrected chi connectivity index (χ1v) is 6.20. The van der Waals surface area contributed by atoms with E-state index in [9.17, 15) is 13.2 Å². The lowest BCUT2D eigenvalue weighted by molar-refractivity contribution is -0.137. The molecule has 0 aliphatic rings. The molecule has 1 rings (SSSR count). The quantitative estimate of drug-likeness (QED) is 0.551. The van der Waals surface area contributed by atoms with Crippen LogP contribution in [0.25, 0.3) is 0 Å². The Kier molecular flexibility index (Phi) is 5.41. The molecule has 19 heavy (non-hydrogen) atoms. The van der Waals surface area contributed by atoms with Crippen molar-refractivity contribution in [2.75, 3.05) is 17.3 Å². The number of alkyl halides is 3. The second-order valence-corrected chi connectivity index (χ2v) is 4.33. The van der Waals surface area contributed by atoms with Gasteiger partial charge in [-0.1, -0.05) is 26.7 Å². The first-order chi connectivity index (χ1) is 8.90. The molecule has 0 aromatic carbocycles. The lowest BCUT2D eigenvalue weighted by Crippen LogP contribution is -2.17. The summed E-state index contributed by atoms with van der Waals surface area (Å²) in [5.41, 5.74) is 1.37. The second-order valence-electron chi connectivity index (χ2n) is 4.33. The molecule has 0 saturated carbocycles. The molecule has 1 aromatic heterocycles. The molecular formula is C12H19F3N4. The summed E-state index contributed by atoms with van der Waals surface area (Å²) in [7, 11) is 0. The Morgan fingerprint density at radius 2 is 1.79 bits per heavy atom. The van der Waals surface area contributed by atoms with Gasteiger partial charge in [0.05, 0.1) is 5.56 Å². The standard InChI is InChI=1S/C12H19F3N4/c1-3-8(4-2)7-17-10-5-9(12(13,14)15)6-11(18-10)19-16/h5-6,8H,3-4,7,16H2,1-2H3,(H2,17,18,19). The van der Waals surface area contributed by atoms with E-state index >= 15 is 0 Å². The Morgan fingerprint density at radius 1 is 1.21 bits per heavy atom. The van der Waals surface area contributed by atoms with Crippen molar-refractivity contribution in [3.63, 3.8) is 0 Å². The summed E-state index contributed by atoms with van der Waals surface area (Å²) in [6, 6.07) is 1.87. The molecular weight excluding hydrogens is 257 g/mol. The predicted molar refractivity (Wildman–Crippen MR) is 69.6 cm³/mol. The van der Waals surface area contributed by atoms with Crippen LogP contribution in [0.5, 0.6) is 0 Å². The molecule has 1 heterocycles. The Hall–Kier alpha value is -1.50. The molecule has 0 saturated heterocycles. The van der Waals surface area contributed by atoms with E-state index < -0.39 is 11.7 Å². The minimum atomic E-state index is -4.42. The van der Waals surface area contributed by atoms with E-state index in [1.165, 1.54) is 0 Å². The third-order valence-corrected chi connectivity index (χ3v) is 3.03. The number of hydrogen-bond donors (Lipinski definition) is 3. The summed E-state index contributed by atoms with van der Waals surface area (Å²) in [4.78, 5) is 3.96. The largest absolute Gasteiger partial charge is 0.416 e. The van der Waals surface area contributed by atoms with Gasteiger partial charge in [-0.2, -0.15) is 13.2 Å². The fourth-order valence-electron chi connectivity index (χ4n) is 1.68. The fraction of sp³-hybridized carbons (Fsp3) is 0.583. The van der Waals surface area contributed by atoms with E-state index in [4.69, 9.17) is 5.84 Å². The summed E-state index contributed by atoms with van der Waals surface area (Å²) in [5, 5.41) is 2.93. The number of anilines is 2. The van der Waals surface area contributed by atoms with Gasteiger partial charge in [0, 0.05) is 6.54 Å². The molecule has 7 heteroatoms. The number of pyridine rings is 1. The molecule has 0 atom stereocenters. The fourth-order valence-corrected chi connectivity index (χ4v) is 1.68. The number of nitrogens with one attached hydrogen (secondary N) is 2. The number of nitrogens with two attached hydrogens (primary N) is 1. The second kappa shape index (κ2) is 6.60. The van der Waals surface area contributed by atoms with E-state index in [-0.39, 0.29) is 11.6 Å². The van der Waals surface area contributed by atoms with Crippen LogP contribution in [0.15, 0.2) is 12.1 Å². The minimum absolute atomic E-state index is 0.0122. The van der Waals surface area contributed by atoms with Gasteiger partial charge in [-0.25, -0.2) is 10.8 Å². The first kappa shape index (κ1) is 15.6. The third kappa shape index (κ3) is 4.59. The van der Waals surface area contributed by atoms with Gasteiger partial charge in [0.2, 0.25) is 0 Å². The zero-order valence-corrected chi connectivity index (χ0v) is 11.0. The average Bonchev–Trinajstić information content (AvgIpc) is 2.38. The normalized spacial score (nSPS) is 11.7. The SMILES string of the molecule is CCC(CC)CNc1cc(C(F)(F)F)cc(NN)n1. The summed E-state index contributed by atoms with van der Waals surface area (Å²) in [6.45, 7) is 4.68. The van der Waals surface area contributed by atoms with Crippen LogP contribution in [-0.4, -0.2) is 11.5 Å². The molecule has 0 unspecified atom stereocenters. The predicted octanol–water partition coefficient (Wildman–Crippen LogP) is 3.23. The number of aromatic nitrogens is 1. The Bertz CT molecular complexity index is 402. The molecule has 108 valence electrons. The zero-order chi connectivity index (χ0) is 14.5. The number of nitrogen functional groups attached to an aromatic ring is 1. The highest BCUT2D eigenvalue weighted by Gasteiger charge is 2.31. The summed E-state index contributed by atoms with van der Waals surface area (Å²) < 4.78 is 38.1. The van der Waals surface area contributed by atoms with Gasteiger partial charge in [-0.05, 0) is 18.1 Å². The highest BCUT2D eigenvalue weighted by atomic mass is 19.4. The van der Waals surface area contributed by atoms with Gasteiger partial charge in [-0.3, -0.25) is 0 Å². The van der Waals surface area contributed by atoms with Crippen molar-refractivity contribution >= 4 is 11.6 Å². The van der Waals surface area contributed by atoms with Crippen LogP contribution in [0.1, 0.15) is 32.3 Å². The maximum Gasteiger partial charge on any atom is 0.416 e.